The minimum atomic E-state index is 0.0742. The van der Waals surface area contributed by atoms with E-state index in [2.05, 4.69) is 41.7 Å². The van der Waals surface area contributed by atoms with Crippen LogP contribution in [0.25, 0.3) is 6.08 Å². The molecule has 3 heteroatoms. The van der Waals surface area contributed by atoms with Gasteiger partial charge in [-0.2, -0.15) is 0 Å². The summed E-state index contributed by atoms with van der Waals surface area (Å²) in [5.74, 6) is 0. The number of urea groups is 1. The van der Waals surface area contributed by atoms with E-state index < -0.39 is 0 Å². The average molecular weight is 270 g/mol. The summed E-state index contributed by atoms with van der Waals surface area (Å²) in [6.07, 6.45) is 6.62. The zero-order chi connectivity index (χ0) is 14.2. The van der Waals surface area contributed by atoms with Gasteiger partial charge >= 0.3 is 6.03 Å². The third-order valence-electron chi connectivity index (χ3n) is 4.43. The van der Waals surface area contributed by atoms with Gasteiger partial charge in [0.2, 0.25) is 0 Å². The molecule has 0 atom stereocenters. The Balaban J connectivity index is 1.71. The molecule has 2 aliphatic rings. The third kappa shape index (κ3) is 2.21. The maximum absolute atomic E-state index is 12.1. The van der Waals surface area contributed by atoms with Gasteiger partial charge in [0.1, 0.15) is 0 Å². The Morgan fingerprint density at radius 1 is 1.25 bits per heavy atom. The van der Waals surface area contributed by atoms with Crippen LogP contribution in [0.3, 0.4) is 0 Å². The van der Waals surface area contributed by atoms with Gasteiger partial charge in [-0.25, -0.2) is 4.79 Å². The number of likely N-dealkylation sites (tertiary alicyclic amines) is 1. The number of hydrogen-bond donors (Lipinski definition) is 1. The first-order valence-electron chi connectivity index (χ1n) is 7.45. The Kier molecular flexibility index (Phi) is 3.28. The first-order valence-corrected chi connectivity index (χ1v) is 7.45. The minimum Gasteiger partial charge on any atom is -0.336 e. The molecular weight excluding hydrogens is 248 g/mol. The third-order valence-corrected chi connectivity index (χ3v) is 4.43. The zero-order valence-electron chi connectivity index (χ0n) is 12.2. The highest BCUT2D eigenvalue weighted by Crippen LogP contribution is 2.43. The molecule has 0 radical (unpaired) electrons. The summed E-state index contributed by atoms with van der Waals surface area (Å²) >= 11 is 0. The standard InChI is InChI=1S/C17H22N2O/c1-13(2)18-16(20)19-11-9-17(10-12-19)8-7-14-5-3-4-6-15(14)17/h3-8,13H,9-12H2,1-2H3,(H,18,20). The van der Waals surface area contributed by atoms with Crippen LogP contribution < -0.4 is 5.32 Å². The first kappa shape index (κ1) is 13.2. The largest absolute Gasteiger partial charge is 0.336 e. The lowest BCUT2D eigenvalue weighted by Crippen LogP contribution is -2.49. The Morgan fingerprint density at radius 2 is 1.95 bits per heavy atom. The molecule has 1 aromatic rings. The molecule has 2 amide bonds. The highest BCUT2D eigenvalue weighted by Gasteiger charge is 2.38. The van der Waals surface area contributed by atoms with Crippen LogP contribution in [0.4, 0.5) is 4.79 Å². The summed E-state index contributed by atoms with van der Waals surface area (Å²) in [5, 5.41) is 2.98. The van der Waals surface area contributed by atoms with E-state index in [0.29, 0.717) is 0 Å². The van der Waals surface area contributed by atoms with Crippen molar-refractivity contribution >= 4 is 12.1 Å². The maximum Gasteiger partial charge on any atom is 0.317 e. The molecule has 1 spiro atoms. The van der Waals surface area contributed by atoms with E-state index in [1.165, 1.54) is 11.1 Å². The van der Waals surface area contributed by atoms with Gasteiger partial charge in [0, 0.05) is 24.5 Å². The minimum absolute atomic E-state index is 0.0742. The van der Waals surface area contributed by atoms with Crippen molar-refractivity contribution in [1.82, 2.24) is 10.2 Å². The molecule has 0 unspecified atom stereocenters. The van der Waals surface area contributed by atoms with Crippen molar-refractivity contribution in [2.45, 2.75) is 38.1 Å². The van der Waals surface area contributed by atoms with Gasteiger partial charge in [-0.3, -0.25) is 0 Å². The normalized spacial score (nSPS) is 19.4. The van der Waals surface area contributed by atoms with Crippen molar-refractivity contribution in [3.05, 3.63) is 41.5 Å². The highest BCUT2D eigenvalue weighted by atomic mass is 16.2. The van der Waals surface area contributed by atoms with Crippen molar-refractivity contribution in [3.8, 4) is 0 Å². The molecule has 1 aliphatic carbocycles. The summed E-state index contributed by atoms with van der Waals surface area (Å²) in [6.45, 7) is 5.66. The summed E-state index contributed by atoms with van der Waals surface area (Å²) < 4.78 is 0. The Labute approximate surface area is 120 Å². The Morgan fingerprint density at radius 3 is 2.65 bits per heavy atom. The van der Waals surface area contributed by atoms with Crippen molar-refractivity contribution in [2.75, 3.05) is 13.1 Å². The summed E-state index contributed by atoms with van der Waals surface area (Å²) in [7, 11) is 0. The number of allylic oxidation sites excluding steroid dienone is 1. The molecule has 1 heterocycles. The van der Waals surface area contributed by atoms with E-state index in [9.17, 15) is 4.79 Å². The van der Waals surface area contributed by atoms with Crippen LogP contribution in [-0.2, 0) is 5.41 Å². The van der Waals surface area contributed by atoms with Gasteiger partial charge in [0.15, 0.2) is 0 Å². The van der Waals surface area contributed by atoms with E-state index in [-0.39, 0.29) is 17.5 Å². The molecular formula is C17H22N2O. The first-order chi connectivity index (χ1) is 9.61. The number of carbonyl (C=O) groups is 1. The van der Waals surface area contributed by atoms with E-state index >= 15 is 0 Å². The monoisotopic (exact) mass is 270 g/mol. The summed E-state index contributed by atoms with van der Waals surface area (Å²) in [5.41, 5.74) is 2.93. The van der Waals surface area contributed by atoms with E-state index in [1.807, 2.05) is 18.7 Å². The zero-order valence-corrected chi connectivity index (χ0v) is 12.2. The number of nitrogens with zero attached hydrogens (tertiary/aromatic N) is 1. The number of nitrogens with one attached hydrogen (secondary N) is 1. The molecule has 0 saturated carbocycles. The molecule has 0 aromatic heterocycles. The molecule has 0 bridgehead atoms. The molecule has 3 rings (SSSR count). The lowest BCUT2D eigenvalue weighted by Gasteiger charge is -2.39. The van der Waals surface area contributed by atoms with Gasteiger partial charge < -0.3 is 10.2 Å². The smallest absolute Gasteiger partial charge is 0.317 e. The highest BCUT2D eigenvalue weighted by molar-refractivity contribution is 5.75. The van der Waals surface area contributed by atoms with Crippen LogP contribution in [-0.4, -0.2) is 30.1 Å². The SMILES string of the molecule is CC(C)NC(=O)N1CCC2(C=Cc3ccccc32)CC1. The van der Waals surface area contributed by atoms with Gasteiger partial charge in [-0.15, -0.1) is 0 Å². The fourth-order valence-electron chi connectivity index (χ4n) is 3.32. The molecule has 1 aliphatic heterocycles. The molecule has 1 fully saturated rings. The van der Waals surface area contributed by atoms with E-state index in [4.69, 9.17) is 0 Å². The van der Waals surface area contributed by atoms with Crippen LogP contribution in [0.1, 0.15) is 37.8 Å². The van der Waals surface area contributed by atoms with Crippen LogP contribution >= 0.6 is 0 Å². The van der Waals surface area contributed by atoms with Gasteiger partial charge in [0.25, 0.3) is 0 Å². The fraction of sp³-hybridized carbons (Fsp3) is 0.471. The van der Waals surface area contributed by atoms with E-state index in [1.54, 1.807) is 0 Å². The number of carbonyl (C=O) groups excluding carboxylic acids is 1. The second-order valence-corrected chi connectivity index (χ2v) is 6.17. The number of fused-ring (bicyclic) bond motifs is 2. The molecule has 1 aromatic carbocycles. The molecule has 106 valence electrons. The quantitative estimate of drug-likeness (QED) is 0.835. The number of benzene rings is 1. The Hall–Kier alpha value is -1.77. The van der Waals surface area contributed by atoms with Crippen LogP contribution in [0.2, 0.25) is 0 Å². The number of amides is 2. The predicted molar refractivity (Wildman–Crippen MR) is 81.6 cm³/mol. The van der Waals surface area contributed by atoms with Gasteiger partial charge in [-0.05, 0) is 37.8 Å². The molecule has 1 N–H and O–H groups in total. The van der Waals surface area contributed by atoms with Crippen molar-refractivity contribution < 1.29 is 4.79 Å². The van der Waals surface area contributed by atoms with Crippen molar-refractivity contribution in [2.24, 2.45) is 0 Å². The summed E-state index contributed by atoms with van der Waals surface area (Å²) in [4.78, 5) is 14.0. The van der Waals surface area contributed by atoms with Crippen LogP contribution in [0, 0.1) is 0 Å². The Bertz CT molecular complexity index is 540. The van der Waals surface area contributed by atoms with Crippen LogP contribution in [0.15, 0.2) is 30.3 Å². The van der Waals surface area contributed by atoms with Crippen LogP contribution in [0.5, 0.6) is 0 Å². The fourth-order valence-corrected chi connectivity index (χ4v) is 3.32. The summed E-state index contributed by atoms with van der Waals surface area (Å²) in [6, 6.07) is 8.90. The second kappa shape index (κ2) is 4.97. The number of piperidine rings is 1. The van der Waals surface area contributed by atoms with Crippen molar-refractivity contribution in [3.63, 3.8) is 0 Å². The lowest BCUT2D eigenvalue weighted by atomic mass is 9.74. The topological polar surface area (TPSA) is 32.3 Å². The lowest BCUT2D eigenvalue weighted by molar-refractivity contribution is 0.168. The second-order valence-electron chi connectivity index (χ2n) is 6.17. The van der Waals surface area contributed by atoms with Gasteiger partial charge in [-0.1, -0.05) is 36.4 Å². The predicted octanol–water partition coefficient (Wildman–Crippen LogP) is 3.17. The molecule has 20 heavy (non-hydrogen) atoms. The van der Waals surface area contributed by atoms with Gasteiger partial charge in [0.05, 0.1) is 0 Å². The van der Waals surface area contributed by atoms with Crippen molar-refractivity contribution in [1.29, 1.82) is 0 Å². The molecule has 1 saturated heterocycles. The number of rotatable bonds is 1. The number of hydrogen-bond acceptors (Lipinski definition) is 1. The molecule has 3 nitrogen and oxygen atoms in total. The average Bonchev–Trinajstić information content (AvgIpc) is 2.78. The maximum atomic E-state index is 12.1. The van der Waals surface area contributed by atoms with E-state index in [0.717, 1.165) is 25.9 Å².